The number of halogens is 3. The van der Waals surface area contributed by atoms with Gasteiger partial charge >= 0.3 is 6.18 Å². The second kappa shape index (κ2) is 6.05. The molecule has 1 aromatic rings. The van der Waals surface area contributed by atoms with Crippen molar-refractivity contribution >= 4 is 11.6 Å². The Balaban J connectivity index is 1.99. The van der Waals surface area contributed by atoms with Crippen molar-refractivity contribution in [3.05, 3.63) is 29.8 Å². The number of hydrogen-bond acceptors (Lipinski definition) is 2. The summed E-state index contributed by atoms with van der Waals surface area (Å²) in [4.78, 5) is 12.0. The monoisotopic (exact) mass is 300 g/mol. The van der Waals surface area contributed by atoms with Gasteiger partial charge in [0.15, 0.2) is 0 Å². The maximum absolute atomic E-state index is 12.6. The van der Waals surface area contributed by atoms with Crippen LogP contribution in [0.15, 0.2) is 24.3 Å². The highest BCUT2D eigenvalue weighted by Crippen LogP contribution is 2.31. The summed E-state index contributed by atoms with van der Waals surface area (Å²) in [6.07, 6.45) is 0.392. The quantitative estimate of drug-likeness (QED) is 0.894. The number of benzene rings is 1. The normalized spacial score (nSPS) is 18.3. The molecule has 0 bridgehead atoms. The van der Waals surface area contributed by atoms with Gasteiger partial charge < -0.3 is 11.1 Å². The molecule has 0 spiro atoms. The molecule has 0 aliphatic heterocycles. The highest BCUT2D eigenvalue weighted by Gasteiger charge is 2.32. The van der Waals surface area contributed by atoms with Crippen LogP contribution in [-0.2, 0) is 11.0 Å². The van der Waals surface area contributed by atoms with Crippen molar-refractivity contribution in [3.8, 4) is 0 Å². The smallest absolute Gasteiger partial charge is 0.326 e. The first-order valence-corrected chi connectivity index (χ1v) is 7.05. The summed E-state index contributed by atoms with van der Waals surface area (Å²) >= 11 is 0. The lowest BCUT2D eigenvalue weighted by Crippen LogP contribution is -2.44. The van der Waals surface area contributed by atoms with Crippen LogP contribution in [0.5, 0.6) is 0 Å². The van der Waals surface area contributed by atoms with Crippen LogP contribution < -0.4 is 11.1 Å². The van der Waals surface area contributed by atoms with E-state index in [1.165, 1.54) is 12.1 Å². The fourth-order valence-corrected chi connectivity index (χ4v) is 2.73. The average Bonchev–Trinajstić information content (AvgIpc) is 2.38. The van der Waals surface area contributed by atoms with E-state index < -0.39 is 17.3 Å². The lowest BCUT2D eigenvalue weighted by Gasteiger charge is -2.32. The Labute approximate surface area is 121 Å². The minimum absolute atomic E-state index is 0.142. The Morgan fingerprint density at radius 1 is 1.24 bits per heavy atom. The Hall–Kier alpha value is -1.56. The summed E-state index contributed by atoms with van der Waals surface area (Å²) in [5.41, 5.74) is 5.02. The third kappa shape index (κ3) is 4.46. The van der Waals surface area contributed by atoms with Gasteiger partial charge in [0, 0.05) is 17.6 Å². The van der Waals surface area contributed by atoms with Gasteiger partial charge in [0.05, 0.1) is 5.56 Å². The summed E-state index contributed by atoms with van der Waals surface area (Å²) in [5.74, 6) is -0.335. The van der Waals surface area contributed by atoms with E-state index in [1.807, 2.05) is 0 Å². The minimum atomic E-state index is -4.42. The molecule has 1 amide bonds. The lowest BCUT2D eigenvalue weighted by atomic mass is 9.80. The SMILES string of the molecule is NC1(CC(=O)Nc2cccc(C(F)(F)F)c2)CCCCC1. The summed E-state index contributed by atoms with van der Waals surface area (Å²) in [5, 5.41) is 2.51. The maximum atomic E-state index is 12.6. The van der Waals surface area contributed by atoms with Crippen molar-refractivity contribution in [1.82, 2.24) is 0 Å². The molecule has 0 heterocycles. The standard InChI is InChI=1S/C15H19F3N2O/c16-15(17,18)11-5-4-6-12(9-11)20-13(21)10-14(19)7-2-1-3-8-14/h4-6,9H,1-3,7-8,10,19H2,(H,20,21). The Bertz CT molecular complexity index is 508. The van der Waals surface area contributed by atoms with E-state index in [1.54, 1.807) is 0 Å². The predicted molar refractivity (Wildman–Crippen MR) is 74.7 cm³/mol. The van der Waals surface area contributed by atoms with E-state index in [0.717, 1.165) is 44.2 Å². The number of amides is 1. The first-order chi connectivity index (χ1) is 9.78. The third-order valence-corrected chi connectivity index (χ3v) is 3.84. The molecule has 0 saturated heterocycles. The number of rotatable bonds is 3. The number of anilines is 1. The molecule has 2 rings (SSSR count). The molecule has 3 N–H and O–H groups in total. The molecule has 0 radical (unpaired) electrons. The minimum Gasteiger partial charge on any atom is -0.326 e. The molecule has 1 fully saturated rings. The Morgan fingerprint density at radius 3 is 2.52 bits per heavy atom. The van der Waals surface area contributed by atoms with E-state index in [9.17, 15) is 18.0 Å². The van der Waals surface area contributed by atoms with Gasteiger partial charge in [-0.2, -0.15) is 13.2 Å². The second-order valence-electron chi connectivity index (χ2n) is 5.73. The summed E-state index contributed by atoms with van der Waals surface area (Å²) < 4.78 is 37.8. The van der Waals surface area contributed by atoms with Crippen molar-refractivity contribution in [2.45, 2.75) is 50.2 Å². The van der Waals surface area contributed by atoms with E-state index in [2.05, 4.69) is 5.32 Å². The molecule has 116 valence electrons. The van der Waals surface area contributed by atoms with Crippen LogP contribution in [0.2, 0.25) is 0 Å². The van der Waals surface area contributed by atoms with Crippen LogP contribution in [0.1, 0.15) is 44.1 Å². The van der Waals surface area contributed by atoms with Crippen LogP contribution in [0.4, 0.5) is 18.9 Å². The highest BCUT2D eigenvalue weighted by atomic mass is 19.4. The number of carbonyl (C=O) groups is 1. The zero-order chi connectivity index (χ0) is 15.5. The van der Waals surface area contributed by atoms with Crippen LogP contribution in [-0.4, -0.2) is 11.4 Å². The first-order valence-electron chi connectivity index (χ1n) is 7.05. The molecule has 6 heteroatoms. The zero-order valence-electron chi connectivity index (χ0n) is 11.7. The predicted octanol–water partition coefficient (Wildman–Crippen LogP) is 3.70. The maximum Gasteiger partial charge on any atom is 0.416 e. The van der Waals surface area contributed by atoms with E-state index in [-0.39, 0.29) is 18.0 Å². The molecule has 1 aliphatic carbocycles. The number of alkyl halides is 3. The molecule has 3 nitrogen and oxygen atoms in total. The largest absolute Gasteiger partial charge is 0.416 e. The van der Waals surface area contributed by atoms with Crippen molar-refractivity contribution < 1.29 is 18.0 Å². The molecule has 0 aromatic heterocycles. The van der Waals surface area contributed by atoms with Crippen molar-refractivity contribution in [2.24, 2.45) is 5.73 Å². The van der Waals surface area contributed by atoms with E-state index in [0.29, 0.717) is 0 Å². The van der Waals surface area contributed by atoms with Gasteiger partial charge in [-0.3, -0.25) is 4.79 Å². The van der Waals surface area contributed by atoms with Crippen LogP contribution in [0.25, 0.3) is 0 Å². The topological polar surface area (TPSA) is 55.1 Å². The van der Waals surface area contributed by atoms with E-state index >= 15 is 0 Å². The van der Waals surface area contributed by atoms with Crippen LogP contribution in [0, 0.1) is 0 Å². The summed E-state index contributed by atoms with van der Waals surface area (Å²) in [6, 6.07) is 4.62. The molecule has 1 aliphatic rings. The van der Waals surface area contributed by atoms with Gasteiger partial charge in [-0.25, -0.2) is 0 Å². The Morgan fingerprint density at radius 2 is 1.90 bits per heavy atom. The fourth-order valence-electron chi connectivity index (χ4n) is 2.73. The number of carbonyl (C=O) groups excluding carboxylic acids is 1. The van der Waals surface area contributed by atoms with Crippen LogP contribution >= 0.6 is 0 Å². The molecular formula is C15H19F3N2O. The highest BCUT2D eigenvalue weighted by molar-refractivity contribution is 5.91. The molecule has 0 unspecified atom stereocenters. The second-order valence-corrected chi connectivity index (χ2v) is 5.73. The van der Waals surface area contributed by atoms with Gasteiger partial charge in [-0.15, -0.1) is 0 Å². The molecule has 1 aromatic carbocycles. The fraction of sp³-hybridized carbons (Fsp3) is 0.533. The van der Waals surface area contributed by atoms with Crippen molar-refractivity contribution in [1.29, 1.82) is 0 Å². The van der Waals surface area contributed by atoms with Gasteiger partial charge in [-0.1, -0.05) is 25.3 Å². The third-order valence-electron chi connectivity index (χ3n) is 3.84. The number of nitrogens with one attached hydrogen (secondary N) is 1. The molecular weight excluding hydrogens is 281 g/mol. The van der Waals surface area contributed by atoms with Gasteiger partial charge in [0.2, 0.25) is 5.91 Å². The molecule has 0 atom stereocenters. The Kier molecular flexibility index (Phi) is 4.56. The van der Waals surface area contributed by atoms with E-state index in [4.69, 9.17) is 5.73 Å². The van der Waals surface area contributed by atoms with Crippen molar-refractivity contribution in [2.75, 3.05) is 5.32 Å². The summed E-state index contributed by atoms with van der Waals surface area (Å²) in [7, 11) is 0. The van der Waals surface area contributed by atoms with Gasteiger partial charge in [-0.05, 0) is 31.0 Å². The lowest BCUT2D eigenvalue weighted by molar-refractivity contribution is -0.137. The number of nitrogens with two attached hydrogens (primary N) is 1. The average molecular weight is 300 g/mol. The van der Waals surface area contributed by atoms with Gasteiger partial charge in [0.25, 0.3) is 0 Å². The van der Waals surface area contributed by atoms with Crippen molar-refractivity contribution in [3.63, 3.8) is 0 Å². The first kappa shape index (κ1) is 15.8. The number of hydrogen-bond donors (Lipinski definition) is 2. The zero-order valence-corrected chi connectivity index (χ0v) is 11.7. The molecule has 21 heavy (non-hydrogen) atoms. The van der Waals surface area contributed by atoms with Crippen LogP contribution in [0.3, 0.4) is 0 Å². The summed E-state index contributed by atoms with van der Waals surface area (Å²) in [6.45, 7) is 0. The van der Waals surface area contributed by atoms with Gasteiger partial charge in [0.1, 0.15) is 0 Å². The molecule has 1 saturated carbocycles.